The predicted molar refractivity (Wildman–Crippen MR) is 109 cm³/mol. The Morgan fingerprint density at radius 2 is 1.90 bits per heavy atom. The van der Waals surface area contributed by atoms with Crippen LogP contribution in [0.5, 0.6) is 5.75 Å². The molecule has 0 aliphatic carbocycles. The minimum Gasteiger partial charge on any atom is -0.491 e. The maximum atomic E-state index is 14.5. The van der Waals surface area contributed by atoms with E-state index in [0.29, 0.717) is 17.1 Å². The number of hydrogen-bond acceptors (Lipinski definition) is 4. The SMILES string of the molecule is Cc1cc(S(=O)(=O)NC(c2ccccc2F)c2nccn2C)ccc1OC(C)C. The number of hydrogen-bond donors (Lipinski definition) is 1. The van der Waals surface area contributed by atoms with Crippen LogP contribution in [0.25, 0.3) is 0 Å². The molecular weight excluding hydrogens is 393 g/mol. The summed E-state index contributed by atoms with van der Waals surface area (Å²) in [5.74, 6) is 0.490. The number of rotatable bonds is 7. The smallest absolute Gasteiger partial charge is 0.241 e. The summed E-state index contributed by atoms with van der Waals surface area (Å²) in [4.78, 5) is 4.30. The van der Waals surface area contributed by atoms with Gasteiger partial charge >= 0.3 is 0 Å². The summed E-state index contributed by atoms with van der Waals surface area (Å²) in [6, 6.07) is 9.71. The Labute approximate surface area is 170 Å². The maximum absolute atomic E-state index is 14.5. The van der Waals surface area contributed by atoms with Crippen LogP contribution in [0.4, 0.5) is 4.39 Å². The molecule has 1 N–H and O–H groups in total. The van der Waals surface area contributed by atoms with Crippen molar-refractivity contribution in [1.29, 1.82) is 0 Å². The number of benzene rings is 2. The highest BCUT2D eigenvalue weighted by Crippen LogP contribution is 2.27. The molecule has 3 rings (SSSR count). The van der Waals surface area contributed by atoms with Crippen molar-refractivity contribution in [2.45, 2.75) is 37.8 Å². The van der Waals surface area contributed by atoms with Gasteiger partial charge in [0.2, 0.25) is 10.0 Å². The molecule has 8 heteroatoms. The monoisotopic (exact) mass is 417 g/mol. The van der Waals surface area contributed by atoms with Crippen LogP contribution in [0.1, 0.15) is 36.8 Å². The zero-order chi connectivity index (χ0) is 21.2. The van der Waals surface area contributed by atoms with E-state index >= 15 is 0 Å². The Morgan fingerprint density at radius 1 is 1.17 bits per heavy atom. The average molecular weight is 418 g/mol. The van der Waals surface area contributed by atoms with Gasteiger partial charge < -0.3 is 9.30 Å². The van der Waals surface area contributed by atoms with E-state index in [0.717, 1.165) is 0 Å². The highest BCUT2D eigenvalue weighted by atomic mass is 32.2. The van der Waals surface area contributed by atoms with Gasteiger partial charge in [-0.25, -0.2) is 17.8 Å². The van der Waals surface area contributed by atoms with Gasteiger partial charge in [0, 0.05) is 25.0 Å². The molecule has 1 unspecified atom stereocenters. The molecule has 29 heavy (non-hydrogen) atoms. The van der Waals surface area contributed by atoms with Gasteiger partial charge in [0.15, 0.2) is 0 Å². The zero-order valence-electron chi connectivity index (χ0n) is 16.8. The van der Waals surface area contributed by atoms with Crippen LogP contribution >= 0.6 is 0 Å². The van der Waals surface area contributed by atoms with Crippen molar-refractivity contribution in [3.05, 3.63) is 77.6 Å². The Morgan fingerprint density at radius 3 is 2.48 bits per heavy atom. The van der Waals surface area contributed by atoms with E-state index in [1.807, 2.05) is 13.8 Å². The first kappa shape index (κ1) is 21.0. The maximum Gasteiger partial charge on any atom is 0.241 e. The molecule has 0 saturated carbocycles. The largest absolute Gasteiger partial charge is 0.491 e. The first-order valence-corrected chi connectivity index (χ1v) is 10.7. The van der Waals surface area contributed by atoms with Crippen LogP contribution < -0.4 is 9.46 Å². The third-order valence-electron chi connectivity index (χ3n) is 4.43. The topological polar surface area (TPSA) is 73.2 Å². The molecule has 1 aromatic heterocycles. The lowest BCUT2D eigenvalue weighted by molar-refractivity contribution is 0.240. The van der Waals surface area contributed by atoms with E-state index in [-0.39, 0.29) is 16.6 Å². The predicted octanol–water partition coefficient (Wildman–Crippen LogP) is 3.72. The number of aromatic nitrogens is 2. The van der Waals surface area contributed by atoms with Crippen molar-refractivity contribution in [1.82, 2.24) is 14.3 Å². The van der Waals surface area contributed by atoms with Crippen LogP contribution in [0.15, 0.2) is 59.8 Å². The molecule has 0 fully saturated rings. The van der Waals surface area contributed by atoms with Gasteiger partial charge in [-0.05, 0) is 50.6 Å². The minimum absolute atomic E-state index is 0.0249. The fraction of sp³-hybridized carbons (Fsp3) is 0.286. The fourth-order valence-electron chi connectivity index (χ4n) is 3.02. The van der Waals surface area contributed by atoms with E-state index in [1.165, 1.54) is 18.2 Å². The quantitative estimate of drug-likeness (QED) is 0.636. The summed E-state index contributed by atoms with van der Waals surface area (Å²) in [5, 5.41) is 0. The molecular formula is C21H24FN3O3S. The van der Waals surface area contributed by atoms with Gasteiger partial charge in [0.05, 0.1) is 11.0 Å². The van der Waals surface area contributed by atoms with Gasteiger partial charge in [0.25, 0.3) is 0 Å². The fourth-order valence-corrected chi connectivity index (χ4v) is 4.28. The highest BCUT2D eigenvalue weighted by molar-refractivity contribution is 7.89. The van der Waals surface area contributed by atoms with Crippen molar-refractivity contribution < 1.29 is 17.5 Å². The summed E-state index contributed by atoms with van der Waals surface area (Å²) in [7, 11) is -2.23. The highest BCUT2D eigenvalue weighted by Gasteiger charge is 2.28. The molecule has 1 atom stereocenters. The molecule has 154 valence electrons. The first-order chi connectivity index (χ1) is 13.7. The van der Waals surface area contributed by atoms with Crippen LogP contribution in [-0.2, 0) is 17.1 Å². The third-order valence-corrected chi connectivity index (χ3v) is 5.85. The molecule has 0 saturated heterocycles. The lowest BCUT2D eigenvalue weighted by Crippen LogP contribution is -2.31. The number of ether oxygens (including phenoxy) is 1. The Hall–Kier alpha value is -2.71. The molecule has 0 radical (unpaired) electrons. The summed E-state index contributed by atoms with van der Waals surface area (Å²) in [5.41, 5.74) is 0.892. The van der Waals surface area contributed by atoms with Crippen molar-refractivity contribution in [3.63, 3.8) is 0 Å². The van der Waals surface area contributed by atoms with Gasteiger partial charge in [-0.15, -0.1) is 0 Å². The minimum atomic E-state index is -3.96. The van der Waals surface area contributed by atoms with Crippen molar-refractivity contribution in [2.24, 2.45) is 7.05 Å². The molecule has 1 heterocycles. The summed E-state index contributed by atoms with van der Waals surface area (Å²) >= 11 is 0. The number of sulfonamides is 1. The average Bonchev–Trinajstić information content (AvgIpc) is 3.07. The number of aryl methyl sites for hydroxylation is 2. The standard InChI is InChI=1S/C21H24FN3O3S/c1-14(2)28-19-10-9-16(13-15(19)3)29(26,27)24-20(21-23-11-12-25(21)4)17-7-5-6-8-18(17)22/h5-14,20,24H,1-4H3. The second kappa shape index (κ2) is 8.34. The van der Waals surface area contributed by atoms with Crippen molar-refractivity contribution in [3.8, 4) is 5.75 Å². The molecule has 2 aromatic carbocycles. The van der Waals surface area contributed by atoms with Crippen LogP contribution in [0, 0.1) is 12.7 Å². The van der Waals surface area contributed by atoms with Crippen LogP contribution in [-0.4, -0.2) is 24.1 Å². The molecule has 0 aliphatic heterocycles. The zero-order valence-corrected chi connectivity index (χ0v) is 17.6. The first-order valence-electron chi connectivity index (χ1n) is 9.20. The normalized spacial score (nSPS) is 12.9. The van der Waals surface area contributed by atoms with Gasteiger partial charge in [-0.1, -0.05) is 18.2 Å². The number of nitrogens with one attached hydrogen (secondary N) is 1. The Kier molecular flexibility index (Phi) is 6.04. The summed E-state index contributed by atoms with van der Waals surface area (Å²) in [6.07, 6.45) is 3.20. The van der Waals surface area contributed by atoms with E-state index in [9.17, 15) is 12.8 Å². The summed E-state index contributed by atoms with van der Waals surface area (Å²) < 4.78 is 50.6. The second-order valence-corrected chi connectivity index (χ2v) is 8.78. The third kappa shape index (κ3) is 4.65. The van der Waals surface area contributed by atoms with Gasteiger partial charge in [-0.2, -0.15) is 4.72 Å². The molecule has 0 spiro atoms. The number of nitrogens with zero attached hydrogens (tertiary/aromatic N) is 2. The Balaban J connectivity index is 2.00. The molecule has 0 amide bonds. The summed E-state index contributed by atoms with van der Waals surface area (Å²) in [6.45, 7) is 5.58. The lowest BCUT2D eigenvalue weighted by atomic mass is 10.1. The molecule has 6 nitrogen and oxygen atoms in total. The van der Waals surface area contributed by atoms with Crippen LogP contribution in [0.2, 0.25) is 0 Å². The van der Waals surface area contributed by atoms with Crippen molar-refractivity contribution in [2.75, 3.05) is 0 Å². The second-order valence-electron chi connectivity index (χ2n) is 7.07. The Bertz CT molecular complexity index is 1110. The van der Waals surface area contributed by atoms with E-state index in [2.05, 4.69) is 9.71 Å². The molecule has 0 aliphatic rings. The molecule has 3 aromatic rings. The van der Waals surface area contributed by atoms with Gasteiger partial charge in [0.1, 0.15) is 23.4 Å². The van der Waals surface area contributed by atoms with E-state index in [4.69, 9.17) is 4.74 Å². The number of imidazole rings is 1. The molecule has 0 bridgehead atoms. The lowest BCUT2D eigenvalue weighted by Gasteiger charge is -2.20. The number of halogens is 1. The van der Waals surface area contributed by atoms with E-state index < -0.39 is 21.9 Å². The van der Waals surface area contributed by atoms with Gasteiger partial charge in [-0.3, -0.25) is 0 Å². The van der Waals surface area contributed by atoms with Crippen LogP contribution in [0.3, 0.4) is 0 Å². The van der Waals surface area contributed by atoms with Crippen molar-refractivity contribution >= 4 is 10.0 Å². The van der Waals surface area contributed by atoms with E-state index in [1.54, 1.807) is 55.2 Å².